The largest absolute Gasteiger partial charge is 0.529 e. The predicted molar refractivity (Wildman–Crippen MR) is 86.2 cm³/mol. The summed E-state index contributed by atoms with van der Waals surface area (Å²) >= 11 is 0. The Morgan fingerprint density at radius 1 is 1.05 bits per heavy atom. The smallest absolute Gasteiger partial charge is 0.322 e. The minimum Gasteiger partial charge on any atom is -0.529 e. The molecule has 0 aliphatic heterocycles. The molecule has 0 heterocycles. The van der Waals surface area contributed by atoms with Gasteiger partial charge in [-0.1, -0.05) is 44.4 Å². The van der Waals surface area contributed by atoms with Gasteiger partial charge >= 0.3 is 8.48 Å². The molecule has 0 radical (unpaired) electrons. The maximum Gasteiger partial charge on any atom is 0.322 e. The van der Waals surface area contributed by atoms with Crippen LogP contribution in [0.2, 0.25) is 13.1 Å². The van der Waals surface area contributed by atoms with E-state index in [2.05, 4.69) is 57.0 Å². The number of unbranched alkanes of at least 4 members (excludes halogenated alkanes) is 3. The van der Waals surface area contributed by atoms with Crippen LogP contribution in [-0.4, -0.2) is 15.0 Å². The third-order valence-corrected chi connectivity index (χ3v) is 5.16. The molecule has 2 nitrogen and oxygen atoms in total. The molecule has 0 fully saturated rings. The lowest BCUT2D eigenvalue weighted by Gasteiger charge is -2.27. The van der Waals surface area contributed by atoms with E-state index in [1.165, 1.54) is 36.8 Å². The fraction of sp³-hybridized carbons (Fsp3) is 0.625. The molecule has 0 aliphatic rings. The maximum absolute atomic E-state index is 6.30. The van der Waals surface area contributed by atoms with Gasteiger partial charge in [0.15, 0.2) is 0 Å². The van der Waals surface area contributed by atoms with Crippen LogP contribution in [0.3, 0.4) is 0 Å². The third kappa shape index (κ3) is 5.79. The Kier molecular flexibility index (Phi) is 6.59. The van der Waals surface area contributed by atoms with E-state index in [4.69, 9.17) is 4.43 Å². The number of hydrogen-bond acceptors (Lipinski definition) is 2. The number of para-hydroxylation sites is 1. The minimum atomic E-state index is -1.82. The standard InChI is InChI=1S/C16H29NOSi/c1-6-7-8-9-13-17-19(4,5)18-16-14(2)11-10-12-15(16)3/h10-12,17H,6-9,13H2,1-5H3. The Morgan fingerprint density at radius 3 is 2.26 bits per heavy atom. The maximum atomic E-state index is 6.30. The van der Waals surface area contributed by atoms with Crippen molar-refractivity contribution in [3.8, 4) is 5.75 Å². The monoisotopic (exact) mass is 279 g/mol. The fourth-order valence-electron chi connectivity index (χ4n) is 2.19. The van der Waals surface area contributed by atoms with E-state index >= 15 is 0 Å². The van der Waals surface area contributed by atoms with Crippen LogP contribution in [0.5, 0.6) is 5.75 Å². The van der Waals surface area contributed by atoms with Gasteiger partial charge in [0.05, 0.1) is 0 Å². The zero-order valence-electron chi connectivity index (χ0n) is 13.2. The first-order valence-corrected chi connectivity index (χ1v) is 10.4. The molecule has 19 heavy (non-hydrogen) atoms. The Hall–Kier alpha value is -0.803. The Balaban J connectivity index is 2.49. The molecule has 1 aromatic carbocycles. The topological polar surface area (TPSA) is 21.3 Å². The van der Waals surface area contributed by atoms with E-state index in [9.17, 15) is 0 Å². The van der Waals surface area contributed by atoms with E-state index in [1.807, 2.05) is 0 Å². The third-order valence-electron chi connectivity index (χ3n) is 3.35. The Labute approximate surface area is 119 Å². The molecule has 0 aliphatic carbocycles. The molecule has 0 saturated carbocycles. The minimum absolute atomic E-state index is 1.07. The molecular formula is C16H29NOSi. The second-order valence-electron chi connectivity index (χ2n) is 5.82. The molecule has 0 unspecified atom stereocenters. The lowest BCUT2D eigenvalue weighted by molar-refractivity contribution is 0.512. The van der Waals surface area contributed by atoms with Crippen molar-refractivity contribution in [2.75, 3.05) is 6.54 Å². The first-order chi connectivity index (χ1) is 8.96. The van der Waals surface area contributed by atoms with Gasteiger partial charge in [0.2, 0.25) is 0 Å². The van der Waals surface area contributed by atoms with Crippen LogP contribution in [0.15, 0.2) is 18.2 Å². The number of aryl methyl sites for hydroxylation is 2. The van der Waals surface area contributed by atoms with Crippen molar-refractivity contribution >= 4 is 8.48 Å². The summed E-state index contributed by atoms with van der Waals surface area (Å²) in [5, 5.41) is 0. The molecule has 0 amide bonds. The highest BCUT2D eigenvalue weighted by Crippen LogP contribution is 2.24. The molecule has 3 heteroatoms. The van der Waals surface area contributed by atoms with E-state index in [1.54, 1.807) is 0 Å². The average Bonchev–Trinajstić information content (AvgIpc) is 2.34. The van der Waals surface area contributed by atoms with Crippen molar-refractivity contribution in [3.63, 3.8) is 0 Å². The lowest BCUT2D eigenvalue weighted by Crippen LogP contribution is -2.51. The van der Waals surface area contributed by atoms with Crippen molar-refractivity contribution in [3.05, 3.63) is 29.3 Å². The summed E-state index contributed by atoms with van der Waals surface area (Å²) in [7, 11) is -1.82. The lowest BCUT2D eigenvalue weighted by atomic mass is 10.1. The molecule has 1 aromatic rings. The number of hydrogen-bond donors (Lipinski definition) is 1. The van der Waals surface area contributed by atoms with Gasteiger partial charge in [-0.05, 0) is 51.0 Å². The van der Waals surface area contributed by atoms with Gasteiger partial charge < -0.3 is 9.41 Å². The van der Waals surface area contributed by atoms with E-state index in [-0.39, 0.29) is 0 Å². The van der Waals surface area contributed by atoms with E-state index in [0.717, 1.165) is 12.3 Å². The molecule has 0 saturated heterocycles. The highest BCUT2D eigenvalue weighted by atomic mass is 28.4. The summed E-state index contributed by atoms with van der Waals surface area (Å²) in [4.78, 5) is 3.64. The van der Waals surface area contributed by atoms with Gasteiger partial charge in [0.1, 0.15) is 5.75 Å². The summed E-state index contributed by atoms with van der Waals surface area (Å²) < 4.78 is 6.30. The normalized spacial score (nSPS) is 11.6. The van der Waals surface area contributed by atoms with Crippen molar-refractivity contribution in [2.24, 2.45) is 0 Å². The summed E-state index contributed by atoms with van der Waals surface area (Å²) in [5.74, 6) is 1.07. The van der Waals surface area contributed by atoms with E-state index in [0.29, 0.717) is 0 Å². The SMILES string of the molecule is CCCCCCN[Si](C)(C)Oc1c(C)cccc1C. The van der Waals surface area contributed by atoms with Gasteiger partial charge in [-0.15, -0.1) is 0 Å². The van der Waals surface area contributed by atoms with Crippen LogP contribution in [0.25, 0.3) is 0 Å². The molecule has 0 bridgehead atoms. The summed E-state index contributed by atoms with van der Waals surface area (Å²) in [5.41, 5.74) is 2.46. The Morgan fingerprint density at radius 2 is 1.68 bits per heavy atom. The Bertz CT molecular complexity index is 370. The zero-order chi connectivity index (χ0) is 14.3. The number of benzene rings is 1. The zero-order valence-corrected chi connectivity index (χ0v) is 14.2. The van der Waals surface area contributed by atoms with Crippen molar-refractivity contribution in [1.29, 1.82) is 0 Å². The van der Waals surface area contributed by atoms with Gasteiger partial charge in [-0.3, -0.25) is 0 Å². The number of rotatable bonds is 8. The van der Waals surface area contributed by atoms with Gasteiger partial charge in [0, 0.05) is 0 Å². The van der Waals surface area contributed by atoms with Crippen LogP contribution < -0.4 is 9.41 Å². The van der Waals surface area contributed by atoms with Crippen LogP contribution in [0.4, 0.5) is 0 Å². The molecule has 1 N–H and O–H groups in total. The second kappa shape index (κ2) is 7.71. The first kappa shape index (κ1) is 16.3. The fourth-order valence-corrected chi connectivity index (χ4v) is 3.88. The summed E-state index contributed by atoms with van der Waals surface area (Å²) in [6.45, 7) is 12.0. The molecular weight excluding hydrogens is 250 g/mol. The number of nitrogens with one attached hydrogen (secondary N) is 1. The molecule has 0 spiro atoms. The van der Waals surface area contributed by atoms with E-state index < -0.39 is 8.48 Å². The van der Waals surface area contributed by atoms with Crippen LogP contribution in [-0.2, 0) is 0 Å². The van der Waals surface area contributed by atoms with Crippen molar-refractivity contribution < 1.29 is 4.43 Å². The van der Waals surface area contributed by atoms with Gasteiger partial charge in [-0.2, -0.15) is 0 Å². The second-order valence-corrected chi connectivity index (χ2v) is 9.40. The molecule has 108 valence electrons. The molecule has 0 atom stereocenters. The van der Waals surface area contributed by atoms with Crippen LogP contribution >= 0.6 is 0 Å². The quantitative estimate of drug-likeness (QED) is 0.556. The average molecular weight is 280 g/mol. The highest BCUT2D eigenvalue weighted by molar-refractivity contribution is 6.69. The predicted octanol–water partition coefficient (Wildman–Crippen LogP) is 4.55. The highest BCUT2D eigenvalue weighted by Gasteiger charge is 2.25. The van der Waals surface area contributed by atoms with Crippen LogP contribution in [0.1, 0.15) is 43.7 Å². The van der Waals surface area contributed by atoms with Gasteiger partial charge in [-0.25, -0.2) is 0 Å². The molecule has 1 rings (SSSR count). The van der Waals surface area contributed by atoms with Crippen LogP contribution in [0, 0.1) is 13.8 Å². The van der Waals surface area contributed by atoms with Gasteiger partial charge in [0.25, 0.3) is 0 Å². The van der Waals surface area contributed by atoms with Crippen molar-refractivity contribution in [1.82, 2.24) is 4.98 Å². The first-order valence-electron chi connectivity index (χ1n) is 7.46. The van der Waals surface area contributed by atoms with Crippen molar-refractivity contribution in [2.45, 2.75) is 59.5 Å². The summed E-state index contributed by atoms with van der Waals surface area (Å²) in [6.07, 6.45) is 5.19. The molecule has 0 aromatic heterocycles. The summed E-state index contributed by atoms with van der Waals surface area (Å²) in [6, 6.07) is 6.33.